The summed E-state index contributed by atoms with van der Waals surface area (Å²) in [5.74, 6) is -0.0584. The summed E-state index contributed by atoms with van der Waals surface area (Å²) in [6.45, 7) is 2.32. The van der Waals surface area contributed by atoms with Crippen LogP contribution in [0.3, 0.4) is 0 Å². The first-order valence-corrected chi connectivity index (χ1v) is 13.1. The molecule has 0 saturated carbocycles. The molecule has 3 aromatic rings. The molecule has 0 fully saturated rings. The van der Waals surface area contributed by atoms with Crippen molar-refractivity contribution in [1.29, 1.82) is 0 Å². The van der Waals surface area contributed by atoms with E-state index in [2.05, 4.69) is 15.9 Å². The molecule has 0 aliphatic rings. The first-order chi connectivity index (χ1) is 15.9. The van der Waals surface area contributed by atoms with E-state index in [9.17, 15) is 13.2 Å². The minimum Gasteiger partial charge on any atom is -0.372 e. The Morgan fingerprint density at radius 3 is 2.06 bits per heavy atom. The Morgan fingerprint density at radius 1 is 0.848 bits per heavy atom. The highest BCUT2D eigenvalue weighted by Gasteiger charge is 2.28. The average Bonchev–Trinajstić information content (AvgIpc) is 2.84. The molecule has 174 valence electrons. The molecule has 2 atom stereocenters. The van der Waals surface area contributed by atoms with E-state index < -0.39 is 21.0 Å². The van der Waals surface area contributed by atoms with Gasteiger partial charge in [0.1, 0.15) is 10.9 Å². The van der Waals surface area contributed by atoms with E-state index in [1.807, 2.05) is 55.5 Å². The molecular formula is C26H27BrO5S. The van der Waals surface area contributed by atoms with Crippen molar-refractivity contribution < 1.29 is 22.1 Å². The van der Waals surface area contributed by atoms with Gasteiger partial charge in [-0.2, -0.15) is 8.42 Å². The Kier molecular flexibility index (Phi) is 9.38. The summed E-state index contributed by atoms with van der Waals surface area (Å²) in [5.41, 5.74) is 2.48. The summed E-state index contributed by atoms with van der Waals surface area (Å²) >= 11 is 3.54. The molecule has 0 heterocycles. The molecule has 0 unspecified atom stereocenters. The monoisotopic (exact) mass is 530 g/mol. The molecule has 0 saturated heterocycles. The number of carbonyl (C=O) groups is 1. The van der Waals surface area contributed by atoms with Crippen molar-refractivity contribution in [3.8, 4) is 0 Å². The van der Waals surface area contributed by atoms with Crippen LogP contribution < -0.4 is 0 Å². The van der Waals surface area contributed by atoms with Gasteiger partial charge in [0.2, 0.25) is 0 Å². The second-order valence-corrected chi connectivity index (χ2v) is 10.2. The standard InChI is InChI=1S/C26H27BrO5S/c1-20-14-16-23(17-15-20)33(29,30)32-19-9-8-18-31-26(22-12-6-3-7-13-22)24(27)25(28)21-10-4-2-5-11-21/h2-7,10-17,24,26H,8-9,18-19H2,1H3/t24-,26+/m1/s1. The molecule has 0 spiro atoms. The zero-order valence-corrected chi connectivity index (χ0v) is 20.8. The van der Waals surface area contributed by atoms with Crippen molar-refractivity contribution in [2.75, 3.05) is 13.2 Å². The van der Waals surface area contributed by atoms with Gasteiger partial charge in [0.05, 0.1) is 11.5 Å². The predicted octanol–water partition coefficient (Wildman–Crippen LogP) is 5.88. The maximum atomic E-state index is 12.9. The molecule has 0 N–H and O–H groups in total. The Balaban J connectivity index is 1.53. The van der Waals surface area contributed by atoms with Gasteiger partial charge in [-0.1, -0.05) is 94.3 Å². The number of aryl methyl sites for hydroxylation is 1. The summed E-state index contributed by atoms with van der Waals surface area (Å²) in [7, 11) is -3.77. The molecule has 3 rings (SSSR count). The van der Waals surface area contributed by atoms with Crippen molar-refractivity contribution in [3.63, 3.8) is 0 Å². The Morgan fingerprint density at radius 2 is 1.42 bits per heavy atom. The maximum absolute atomic E-state index is 12.9. The first kappa shape index (κ1) is 25.3. The van der Waals surface area contributed by atoms with Crippen molar-refractivity contribution in [2.45, 2.75) is 35.6 Å². The fourth-order valence-electron chi connectivity index (χ4n) is 3.25. The number of ketones is 1. The zero-order chi connectivity index (χ0) is 23.7. The second-order valence-electron chi connectivity index (χ2n) is 7.63. The third kappa shape index (κ3) is 7.33. The molecule has 0 bridgehead atoms. The normalized spacial score (nSPS) is 13.4. The zero-order valence-electron chi connectivity index (χ0n) is 18.4. The summed E-state index contributed by atoms with van der Waals surface area (Å²) in [6.07, 6.45) is 0.620. The molecule has 33 heavy (non-hydrogen) atoms. The highest BCUT2D eigenvalue weighted by Crippen LogP contribution is 2.29. The minimum absolute atomic E-state index is 0.0584. The number of ether oxygens (including phenoxy) is 1. The molecule has 3 aromatic carbocycles. The number of rotatable bonds is 12. The van der Waals surface area contributed by atoms with Gasteiger partial charge in [0.15, 0.2) is 5.78 Å². The lowest BCUT2D eigenvalue weighted by Gasteiger charge is -2.23. The van der Waals surface area contributed by atoms with Gasteiger partial charge in [0.25, 0.3) is 10.1 Å². The van der Waals surface area contributed by atoms with Gasteiger partial charge in [-0.25, -0.2) is 0 Å². The smallest absolute Gasteiger partial charge is 0.296 e. The summed E-state index contributed by atoms with van der Waals surface area (Å²) in [4.78, 5) is 12.5. The van der Waals surface area contributed by atoms with Gasteiger partial charge in [0, 0.05) is 12.2 Å². The van der Waals surface area contributed by atoms with Crippen LogP contribution in [-0.4, -0.2) is 32.2 Å². The number of hydrogen-bond acceptors (Lipinski definition) is 5. The van der Waals surface area contributed by atoms with Gasteiger partial charge in [-0.15, -0.1) is 0 Å². The van der Waals surface area contributed by atoms with E-state index in [-0.39, 0.29) is 17.3 Å². The van der Waals surface area contributed by atoms with Crippen LogP contribution in [0.4, 0.5) is 0 Å². The van der Waals surface area contributed by atoms with Crippen molar-refractivity contribution in [3.05, 3.63) is 102 Å². The Hall–Kier alpha value is -2.32. The van der Waals surface area contributed by atoms with E-state index in [1.165, 1.54) is 12.1 Å². The number of benzene rings is 3. The Bertz CT molecular complexity index is 1120. The van der Waals surface area contributed by atoms with Crippen molar-refractivity contribution in [2.24, 2.45) is 0 Å². The molecule has 0 aromatic heterocycles. The third-order valence-corrected chi connectivity index (χ3v) is 7.31. The lowest BCUT2D eigenvalue weighted by Crippen LogP contribution is -2.25. The van der Waals surface area contributed by atoms with Crippen LogP contribution in [0.15, 0.2) is 89.8 Å². The van der Waals surface area contributed by atoms with E-state index >= 15 is 0 Å². The average molecular weight is 531 g/mol. The number of unbranched alkanes of at least 4 members (excludes halogenated alkanes) is 1. The van der Waals surface area contributed by atoms with Crippen LogP contribution in [-0.2, 0) is 19.0 Å². The SMILES string of the molecule is Cc1ccc(S(=O)(=O)OCCCCO[C@@H](c2ccccc2)[C@H](Br)C(=O)c2ccccc2)cc1. The second kappa shape index (κ2) is 12.2. The highest BCUT2D eigenvalue weighted by atomic mass is 79.9. The van der Waals surface area contributed by atoms with E-state index in [1.54, 1.807) is 24.3 Å². The first-order valence-electron chi connectivity index (χ1n) is 10.7. The topological polar surface area (TPSA) is 69.7 Å². The van der Waals surface area contributed by atoms with E-state index in [0.717, 1.165) is 11.1 Å². The highest BCUT2D eigenvalue weighted by molar-refractivity contribution is 9.10. The third-order valence-electron chi connectivity index (χ3n) is 5.09. The van der Waals surface area contributed by atoms with Crippen LogP contribution in [0, 0.1) is 6.92 Å². The minimum atomic E-state index is -3.77. The number of Topliss-reactive ketones (excluding diaryl/α,β-unsaturated/α-hetero) is 1. The largest absolute Gasteiger partial charge is 0.372 e. The molecule has 0 amide bonds. The molecule has 0 aliphatic heterocycles. The number of hydrogen-bond donors (Lipinski definition) is 0. The van der Waals surface area contributed by atoms with Crippen molar-refractivity contribution in [1.82, 2.24) is 0 Å². The summed E-state index contributed by atoms with van der Waals surface area (Å²) in [5, 5.41) is 0. The Labute approximate surface area is 204 Å². The fraction of sp³-hybridized carbons (Fsp3) is 0.269. The van der Waals surface area contributed by atoms with E-state index in [4.69, 9.17) is 8.92 Å². The lowest BCUT2D eigenvalue weighted by molar-refractivity contribution is 0.0448. The summed E-state index contributed by atoms with van der Waals surface area (Å²) in [6, 6.07) is 25.2. The van der Waals surface area contributed by atoms with Crippen LogP contribution in [0.25, 0.3) is 0 Å². The predicted molar refractivity (Wildman–Crippen MR) is 132 cm³/mol. The van der Waals surface area contributed by atoms with Gasteiger partial charge in [-0.05, 0) is 37.5 Å². The maximum Gasteiger partial charge on any atom is 0.296 e. The summed E-state index contributed by atoms with van der Waals surface area (Å²) < 4.78 is 35.8. The molecule has 0 aliphatic carbocycles. The van der Waals surface area contributed by atoms with Crippen LogP contribution in [0.1, 0.15) is 40.4 Å². The van der Waals surface area contributed by atoms with E-state index in [0.29, 0.717) is 25.0 Å². The molecule has 0 radical (unpaired) electrons. The number of halogens is 1. The van der Waals surface area contributed by atoms with Crippen LogP contribution in [0.2, 0.25) is 0 Å². The molecule has 7 heteroatoms. The number of carbonyl (C=O) groups excluding carboxylic acids is 1. The molecular weight excluding hydrogens is 504 g/mol. The van der Waals surface area contributed by atoms with Gasteiger partial charge >= 0.3 is 0 Å². The number of alkyl halides is 1. The van der Waals surface area contributed by atoms with Gasteiger partial charge < -0.3 is 4.74 Å². The van der Waals surface area contributed by atoms with Gasteiger partial charge in [-0.3, -0.25) is 8.98 Å². The fourth-order valence-corrected chi connectivity index (χ4v) is 4.91. The molecule has 5 nitrogen and oxygen atoms in total. The van der Waals surface area contributed by atoms with Crippen LogP contribution >= 0.6 is 15.9 Å². The quantitative estimate of drug-likeness (QED) is 0.126. The van der Waals surface area contributed by atoms with Crippen LogP contribution in [0.5, 0.6) is 0 Å². The lowest BCUT2D eigenvalue weighted by atomic mass is 10.00. The van der Waals surface area contributed by atoms with Crippen molar-refractivity contribution >= 4 is 31.8 Å².